The van der Waals surface area contributed by atoms with Crippen molar-refractivity contribution in [3.05, 3.63) is 200 Å². The van der Waals surface area contributed by atoms with Crippen molar-refractivity contribution in [2.45, 2.75) is 0 Å². The van der Waals surface area contributed by atoms with Gasteiger partial charge in [-0.15, -0.1) is 0 Å². The van der Waals surface area contributed by atoms with Crippen LogP contribution >= 0.6 is 0 Å². The van der Waals surface area contributed by atoms with Crippen molar-refractivity contribution < 1.29 is 4.42 Å². The first-order valence-corrected chi connectivity index (χ1v) is 17.8. The molecule has 0 fully saturated rings. The van der Waals surface area contributed by atoms with Crippen molar-refractivity contribution in [1.29, 1.82) is 0 Å². The number of nitrogens with zero attached hydrogens (tertiary/aromatic N) is 1. The fourth-order valence-corrected chi connectivity index (χ4v) is 7.74. The number of fused-ring (bicyclic) bond motifs is 6. The number of benzene rings is 9. The van der Waals surface area contributed by atoms with Gasteiger partial charge in [-0.1, -0.05) is 164 Å². The maximum absolute atomic E-state index is 6.87. The van der Waals surface area contributed by atoms with E-state index in [0.29, 0.717) is 0 Å². The van der Waals surface area contributed by atoms with Gasteiger partial charge in [0.25, 0.3) is 0 Å². The molecule has 0 aliphatic heterocycles. The summed E-state index contributed by atoms with van der Waals surface area (Å²) in [6, 6.07) is 71.6. The molecule has 0 aliphatic rings. The van der Waals surface area contributed by atoms with Crippen LogP contribution < -0.4 is 4.90 Å². The maximum Gasteiger partial charge on any atom is 0.143 e. The summed E-state index contributed by atoms with van der Waals surface area (Å²) in [4.78, 5) is 2.40. The molecule has 9 aromatic carbocycles. The molecule has 0 N–H and O–H groups in total. The molecule has 1 aromatic heterocycles. The minimum atomic E-state index is 0.893. The first kappa shape index (κ1) is 30.0. The van der Waals surface area contributed by atoms with E-state index < -0.39 is 0 Å². The molecule has 0 bridgehead atoms. The highest BCUT2D eigenvalue weighted by molar-refractivity contribution is 6.17. The summed E-state index contributed by atoms with van der Waals surface area (Å²) < 4.78 is 6.87. The Hall–Kier alpha value is -6.90. The van der Waals surface area contributed by atoms with E-state index in [1.807, 2.05) is 0 Å². The summed E-state index contributed by atoms with van der Waals surface area (Å²) in [5.74, 6) is 0. The standard InChI is InChI=1S/C50H33NO/c1-2-14-36(15-3-1)41-18-8-10-23-47(41)51(40-30-27-35(28-31-40)39-26-25-34-13-4-5-17-38(34)33-39)48-24-11-9-20-43(48)44-21-12-22-45-46-32-29-37-16-6-7-19-42(37)49(46)52-50(44)45/h1-33H. The molecule has 0 atom stereocenters. The Balaban J connectivity index is 1.18. The summed E-state index contributed by atoms with van der Waals surface area (Å²) >= 11 is 0. The van der Waals surface area contributed by atoms with Crippen molar-refractivity contribution in [2.75, 3.05) is 4.90 Å². The number of para-hydroxylation sites is 3. The van der Waals surface area contributed by atoms with Crippen molar-refractivity contribution in [2.24, 2.45) is 0 Å². The Morgan fingerprint density at radius 3 is 1.71 bits per heavy atom. The molecule has 0 amide bonds. The van der Waals surface area contributed by atoms with E-state index >= 15 is 0 Å². The Morgan fingerprint density at radius 2 is 0.885 bits per heavy atom. The van der Waals surface area contributed by atoms with Crippen molar-refractivity contribution >= 4 is 60.5 Å². The molecule has 2 nitrogen and oxygen atoms in total. The molecule has 0 saturated carbocycles. The lowest BCUT2D eigenvalue weighted by Crippen LogP contribution is -2.12. The molecule has 244 valence electrons. The van der Waals surface area contributed by atoms with E-state index in [1.165, 1.54) is 32.8 Å². The van der Waals surface area contributed by atoms with E-state index in [0.717, 1.165) is 61.1 Å². The Labute approximate surface area is 302 Å². The topological polar surface area (TPSA) is 16.4 Å². The minimum Gasteiger partial charge on any atom is -0.455 e. The van der Waals surface area contributed by atoms with Crippen LogP contribution in [0.15, 0.2) is 205 Å². The van der Waals surface area contributed by atoms with Gasteiger partial charge in [0.1, 0.15) is 11.2 Å². The molecule has 0 radical (unpaired) electrons. The fraction of sp³-hybridized carbons (Fsp3) is 0. The van der Waals surface area contributed by atoms with Gasteiger partial charge < -0.3 is 9.32 Å². The van der Waals surface area contributed by atoms with Crippen LogP contribution in [0, 0.1) is 0 Å². The minimum absolute atomic E-state index is 0.893. The monoisotopic (exact) mass is 663 g/mol. The third kappa shape index (κ3) is 5.04. The zero-order chi connectivity index (χ0) is 34.4. The lowest BCUT2D eigenvalue weighted by atomic mass is 9.97. The van der Waals surface area contributed by atoms with Crippen LogP contribution in [0.5, 0.6) is 0 Å². The smallest absolute Gasteiger partial charge is 0.143 e. The summed E-state index contributed by atoms with van der Waals surface area (Å²) in [6.07, 6.45) is 0. The SMILES string of the molecule is c1ccc(-c2ccccc2N(c2ccc(-c3ccc4ccccc4c3)cc2)c2ccccc2-c2cccc3c2oc2c4ccccc4ccc32)cc1. The van der Waals surface area contributed by atoms with Gasteiger partial charge in [-0.3, -0.25) is 0 Å². The molecule has 1 heterocycles. The van der Waals surface area contributed by atoms with Gasteiger partial charge in [-0.2, -0.15) is 0 Å². The van der Waals surface area contributed by atoms with Crippen molar-refractivity contribution in [1.82, 2.24) is 0 Å². The summed E-state index contributed by atoms with van der Waals surface area (Å²) in [6.45, 7) is 0. The van der Waals surface area contributed by atoms with Crippen LogP contribution in [-0.2, 0) is 0 Å². The molecule has 10 rings (SSSR count). The van der Waals surface area contributed by atoms with Gasteiger partial charge in [-0.25, -0.2) is 0 Å². The van der Waals surface area contributed by atoms with Gasteiger partial charge in [0, 0.05) is 38.5 Å². The van der Waals surface area contributed by atoms with Crippen molar-refractivity contribution in [3.63, 3.8) is 0 Å². The van der Waals surface area contributed by atoms with Crippen LogP contribution in [-0.4, -0.2) is 0 Å². The van der Waals surface area contributed by atoms with Gasteiger partial charge >= 0.3 is 0 Å². The molecule has 0 aliphatic carbocycles. The first-order chi connectivity index (χ1) is 25.8. The lowest BCUT2D eigenvalue weighted by molar-refractivity contribution is 0.674. The average Bonchev–Trinajstić information content (AvgIpc) is 3.62. The summed E-state index contributed by atoms with van der Waals surface area (Å²) in [7, 11) is 0. The third-order valence-corrected chi connectivity index (χ3v) is 10.3. The number of hydrogen-bond acceptors (Lipinski definition) is 2. The molecule has 2 heteroatoms. The van der Waals surface area contributed by atoms with E-state index in [2.05, 4.69) is 205 Å². The largest absolute Gasteiger partial charge is 0.455 e. The molecular formula is C50H33NO. The highest BCUT2D eigenvalue weighted by atomic mass is 16.3. The van der Waals surface area contributed by atoms with Crippen LogP contribution in [0.25, 0.3) is 76.9 Å². The Bertz CT molecular complexity index is 2900. The molecule has 0 unspecified atom stereocenters. The lowest BCUT2D eigenvalue weighted by Gasteiger charge is -2.30. The number of rotatable bonds is 6. The van der Waals surface area contributed by atoms with Crippen LogP contribution in [0.3, 0.4) is 0 Å². The van der Waals surface area contributed by atoms with Gasteiger partial charge in [0.15, 0.2) is 0 Å². The zero-order valence-electron chi connectivity index (χ0n) is 28.4. The Morgan fingerprint density at radius 1 is 0.308 bits per heavy atom. The molecule has 10 aromatic rings. The van der Waals surface area contributed by atoms with E-state index in [-0.39, 0.29) is 0 Å². The summed E-state index contributed by atoms with van der Waals surface area (Å²) in [5, 5.41) is 7.03. The van der Waals surface area contributed by atoms with Gasteiger partial charge in [0.2, 0.25) is 0 Å². The van der Waals surface area contributed by atoms with Crippen LogP contribution in [0.2, 0.25) is 0 Å². The van der Waals surface area contributed by atoms with Gasteiger partial charge in [-0.05, 0) is 69.2 Å². The van der Waals surface area contributed by atoms with E-state index in [1.54, 1.807) is 0 Å². The average molecular weight is 664 g/mol. The molecular weight excluding hydrogens is 631 g/mol. The number of hydrogen-bond donors (Lipinski definition) is 0. The predicted octanol–water partition coefficient (Wildman–Crippen LogP) is 14.4. The third-order valence-electron chi connectivity index (χ3n) is 10.3. The quantitative estimate of drug-likeness (QED) is 0.176. The number of furan rings is 1. The van der Waals surface area contributed by atoms with E-state index in [9.17, 15) is 0 Å². The van der Waals surface area contributed by atoms with Crippen molar-refractivity contribution in [3.8, 4) is 33.4 Å². The zero-order valence-corrected chi connectivity index (χ0v) is 28.4. The molecule has 0 spiro atoms. The molecule has 0 saturated heterocycles. The second-order valence-electron chi connectivity index (χ2n) is 13.3. The second-order valence-corrected chi connectivity index (χ2v) is 13.3. The van der Waals surface area contributed by atoms with Crippen LogP contribution in [0.1, 0.15) is 0 Å². The first-order valence-electron chi connectivity index (χ1n) is 17.8. The summed E-state index contributed by atoms with van der Waals surface area (Å²) in [5.41, 5.74) is 11.9. The number of anilines is 3. The molecule has 52 heavy (non-hydrogen) atoms. The Kier molecular flexibility index (Phi) is 7.18. The van der Waals surface area contributed by atoms with Gasteiger partial charge in [0.05, 0.1) is 11.4 Å². The highest BCUT2D eigenvalue weighted by Gasteiger charge is 2.22. The normalized spacial score (nSPS) is 11.5. The fourth-order valence-electron chi connectivity index (χ4n) is 7.74. The second kappa shape index (κ2) is 12.5. The van der Waals surface area contributed by atoms with Crippen LogP contribution in [0.4, 0.5) is 17.1 Å². The van der Waals surface area contributed by atoms with E-state index in [4.69, 9.17) is 4.42 Å². The highest BCUT2D eigenvalue weighted by Crippen LogP contribution is 2.47. The predicted molar refractivity (Wildman–Crippen MR) is 220 cm³/mol. The maximum atomic E-state index is 6.87.